The highest BCUT2D eigenvalue weighted by Crippen LogP contribution is 2.45. The van der Waals surface area contributed by atoms with E-state index >= 15 is 0 Å². The molecule has 36 heavy (non-hydrogen) atoms. The molecule has 0 atom stereocenters. The van der Waals surface area contributed by atoms with Crippen LogP contribution in [0.3, 0.4) is 0 Å². The zero-order valence-electron chi connectivity index (χ0n) is 19.2. The summed E-state index contributed by atoms with van der Waals surface area (Å²) in [6.45, 7) is 1.79. The summed E-state index contributed by atoms with van der Waals surface area (Å²) in [5.74, 6) is 0.0416. The van der Waals surface area contributed by atoms with Gasteiger partial charge in [-0.3, -0.25) is 9.36 Å². The lowest BCUT2D eigenvalue weighted by molar-refractivity contribution is -0.137. The fraction of sp³-hybridized carbons (Fsp3) is 0.269. The number of aromatic nitrogens is 1. The highest BCUT2D eigenvalue weighted by Gasteiger charge is 2.33. The van der Waals surface area contributed by atoms with Crippen molar-refractivity contribution in [3.05, 3.63) is 63.9 Å². The van der Waals surface area contributed by atoms with Gasteiger partial charge in [0.25, 0.3) is 11.8 Å². The Labute approximate surface area is 203 Å². The number of fused-ring (bicyclic) bond motifs is 3. The normalized spacial score (nSPS) is 11.5. The smallest absolute Gasteiger partial charge is 0.416 e. The van der Waals surface area contributed by atoms with Gasteiger partial charge >= 0.3 is 6.18 Å². The highest BCUT2D eigenvalue weighted by atomic mass is 19.4. The molecule has 2 aliphatic heterocycles. The number of alkyl halides is 3. The third-order valence-electron chi connectivity index (χ3n) is 5.73. The van der Waals surface area contributed by atoms with Crippen LogP contribution >= 0.6 is 0 Å². The molecule has 2 aliphatic rings. The van der Waals surface area contributed by atoms with Crippen molar-refractivity contribution in [1.29, 1.82) is 10.5 Å². The first kappa shape index (κ1) is 24.8. The molecular formula is C26H20F3N3O4. The van der Waals surface area contributed by atoms with Crippen LogP contribution in [-0.4, -0.2) is 17.8 Å². The summed E-state index contributed by atoms with van der Waals surface area (Å²) < 4.78 is 57.2. The van der Waals surface area contributed by atoms with Gasteiger partial charge in [-0.25, -0.2) is 0 Å². The molecule has 0 aliphatic carbocycles. The van der Waals surface area contributed by atoms with E-state index < -0.39 is 17.3 Å². The van der Waals surface area contributed by atoms with Gasteiger partial charge in [0.1, 0.15) is 18.0 Å². The summed E-state index contributed by atoms with van der Waals surface area (Å²) >= 11 is 0. The van der Waals surface area contributed by atoms with Crippen molar-refractivity contribution in [1.82, 2.24) is 4.57 Å². The van der Waals surface area contributed by atoms with Crippen molar-refractivity contribution in [2.75, 3.05) is 13.2 Å². The number of ether oxygens (including phenoxy) is 2. The fourth-order valence-electron chi connectivity index (χ4n) is 4.24. The topological polar surface area (TPSA) is 101 Å². The maximum atomic E-state index is 13.6. The van der Waals surface area contributed by atoms with Gasteiger partial charge < -0.3 is 13.9 Å². The third-order valence-corrected chi connectivity index (χ3v) is 5.73. The predicted molar refractivity (Wildman–Crippen MR) is 124 cm³/mol. The zero-order chi connectivity index (χ0) is 25.9. The van der Waals surface area contributed by atoms with E-state index in [4.69, 9.17) is 19.2 Å². The lowest BCUT2D eigenvalue weighted by Crippen LogP contribution is -2.19. The summed E-state index contributed by atoms with van der Waals surface area (Å²) in [7, 11) is 0. The molecule has 2 aromatic carbocycles. The van der Waals surface area contributed by atoms with E-state index in [2.05, 4.69) is 0 Å². The Morgan fingerprint density at radius 3 is 2.47 bits per heavy atom. The first-order chi connectivity index (χ1) is 17.3. The molecule has 2 aromatic rings. The van der Waals surface area contributed by atoms with Crippen LogP contribution in [0.1, 0.15) is 24.5 Å². The second-order valence-electron chi connectivity index (χ2n) is 7.96. The van der Waals surface area contributed by atoms with Gasteiger partial charge in [-0.2, -0.15) is 18.4 Å². The summed E-state index contributed by atoms with van der Waals surface area (Å²) in [5, 5.41) is 18.7. The van der Waals surface area contributed by atoms with Crippen LogP contribution in [0, 0.1) is 22.8 Å². The Morgan fingerprint density at radius 2 is 1.83 bits per heavy atom. The first-order valence-corrected chi connectivity index (χ1v) is 11.1. The van der Waals surface area contributed by atoms with Crippen LogP contribution < -0.4 is 10.3 Å². The van der Waals surface area contributed by atoms with Crippen molar-refractivity contribution in [2.45, 2.75) is 32.5 Å². The molecule has 2 heterocycles. The molecule has 0 saturated heterocycles. The minimum absolute atomic E-state index is 0.00190. The quantitative estimate of drug-likeness (QED) is 0.228. The van der Waals surface area contributed by atoms with Gasteiger partial charge in [0.15, 0.2) is 0 Å². The van der Waals surface area contributed by atoms with Crippen molar-refractivity contribution >= 4 is 11.0 Å². The standard InChI is InChI=1S/C26H20F3N3O4/c1-2-4-16-5-3-6-19-20(16)21-22(23(36-19)17-7-9-18(10-8-17)26(27,28)29)24(33)32(25(21)35-15-31)12-14-34-13-11-30/h3,5-10H,2,4,12-14H2,1H3. The van der Waals surface area contributed by atoms with Gasteiger partial charge in [-0.05, 0) is 30.2 Å². The molecular weight excluding hydrogens is 475 g/mol. The monoisotopic (exact) mass is 495 g/mol. The van der Waals surface area contributed by atoms with Gasteiger partial charge in [0, 0.05) is 10.9 Å². The number of nitrogens with zero attached hydrogens (tertiary/aromatic N) is 3. The van der Waals surface area contributed by atoms with Crippen molar-refractivity contribution in [2.24, 2.45) is 0 Å². The zero-order valence-corrected chi connectivity index (χ0v) is 19.2. The number of aryl methyl sites for hydroxylation is 1. The van der Waals surface area contributed by atoms with E-state index in [1.54, 1.807) is 18.4 Å². The minimum atomic E-state index is -4.52. The maximum absolute atomic E-state index is 13.6. The van der Waals surface area contributed by atoms with E-state index in [1.165, 1.54) is 16.7 Å². The summed E-state index contributed by atoms with van der Waals surface area (Å²) in [5.41, 5.74) is 0.541. The number of halogens is 3. The Morgan fingerprint density at radius 1 is 1.08 bits per heavy atom. The lowest BCUT2D eigenvalue weighted by atomic mass is 9.94. The molecule has 0 N–H and O–H groups in total. The molecule has 0 unspecified atom stereocenters. The van der Waals surface area contributed by atoms with Crippen molar-refractivity contribution in [3.8, 4) is 40.7 Å². The number of hydrogen-bond donors (Lipinski definition) is 0. The van der Waals surface area contributed by atoms with Crippen LogP contribution in [0.15, 0.2) is 51.7 Å². The van der Waals surface area contributed by atoms with Crippen molar-refractivity contribution in [3.63, 3.8) is 0 Å². The fourth-order valence-corrected chi connectivity index (χ4v) is 4.24. The number of benzene rings is 2. The van der Waals surface area contributed by atoms with Gasteiger partial charge in [0.05, 0.1) is 35.9 Å². The van der Waals surface area contributed by atoms with Crippen LogP contribution in [0.25, 0.3) is 33.4 Å². The Bertz CT molecular complexity index is 1510. The molecule has 0 saturated carbocycles. The molecule has 0 aromatic heterocycles. The van der Waals surface area contributed by atoms with Crippen molar-refractivity contribution < 1.29 is 27.1 Å². The van der Waals surface area contributed by atoms with E-state index in [9.17, 15) is 23.2 Å². The largest absolute Gasteiger partial charge is 0.455 e. The second kappa shape index (κ2) is 10.1. The van der Waals surface area contributed by atoms with Crippen LogP contribution in [0.5, 0.6) is 5.88 Å². The first-order valence-electron chi connectivity index (χ1n) is 11.1. The van der Waals surface area contributed by atoms with Crippen LogP contribution in [0.2, 0.25) is 0 Å². The molecule has 10 heteroatoms. The summed E-state index contributed by atoms with van der Waals surface area (Å²) in [4.78, 5) is 13.6. The molecule has 0 amide bonds. The van der Waals surface area contributed by atoms with E-state index in [0.717, 1.165) is 24.1 Å². The molecule has 0 fully saturated rings. The Balaban J connectivity index is 2.04. The van der Waals surface area contributed by atoms with E-state index in [-0.39, 0.29) is 42.5 Å². The van der Waals surface area contributed by atoms with Crippen LogP contribution in [0.4, 0.5) is 13.2 Å². The third kappa shape index (κ3) is 4.51. The molecule has 0 radical (unpaired) electrons. The average Bonchev–Trinajstić information content (AvgIpc) is 3.13. The Kier molecular flexibility index (Phi) is 7.00. The molecule has 184 valence electrons. The SMILES string of the molecule is CCCc1cccc2oc(-c3ccc(C(F)(F)F)cc3)c3c(=O)n(CCOCC#N)c(OC#N)c-3c12. The molecule has 0 spiro atoms. The summed E-state index contributed by atoms with van der Waals surface area (Å²) in [6.07, 6.45) is -1.45. The van der Waals surface area contributed by atoms with E-state index in [1.807, 2.05) is 19.1 Å². The predicted octanol–water partition coefficient (Wildman–Crippen LogP) is 5.74. The molecule has 4 rings (SSSR count). The second-order valence-corrected chi connectivity index (χ2v) is 7.96. The van der Waals surface area contributed by atoms with Gasteiger partial charge in [0.2, 0.25) is 5.88 Å². The van der Waals surface area contributed by atoms with Gasteiger partial charge in [-0.1, -0.05) is 37.6 Å². The highest BCUT2D eigenvalue weighted by molar-refractivity contribution is 6.03. The average molecular weight is 495 g/mol. The number of nitriles is 2. The maximum Gasteiger partial charge on any atom is 0.416 e. The Hall–Kier alpha value is -4.28. The molecule has 7 nitrogen and oxygen atoms in total. The van der Waals surface area contributed by atoms with E-state index in [0.29, 0.717) is 23.0 Å². The van der Waals surface area contributed by atoms with Crippen LogP contribution in [-0.2, 0) is 23.9 Å². The lowest BCUT2D eigenvalue weighted by Gasteiger charge is -2.14. The molecule has 0 bridgehead atoms. The van der Waals surface area contributed by atoms with Gasteiger partial charge in [-0.15, -0.1) is 5.26 Å². The minimum Gasteiger partial charge on any atom is -0.455 e. The summed E-state index contributed by atoms with van der Waals surface area (Å²) in [6, 6.07) is 11.5. The number of rotatable bonds is 8. The number of hydrogen-bond acceptors (Lipinski definition) is 6.